The van der Waals surface area contributed by atoms with Crippen LogP contribution in [0.2, 0.25) is 10.0 Å². The minimum Gasteiger partial charge on any atom is -0.315 e. The second-order valence-corrected chi connectivity index (χ2v) is 4.56. The van der Waals surface area contributed by atoms with Crippen molar-refractivity contribution >= 4 is 23.2 Å². The summed E-state index contributed by atoms with van der Waals surface area (Å²) in [7, 11) is 1.77. The Balaban J connectivity index is 2.42. The van der Waals surface area contributed by atoms with Crippen molar-refractivity contribution in [2.45, 2.75) is 6.54 Å². The maximum atomic E-state index is 11.8. The summed E-state index contributed by atoms with van der Waals surface area (Å²) < 4.78 is 0. The van der Waals surface area contributed by atoms with Gasteiger partial charge in [-0.15, -0.1) is 0 Å². The topological polar surface area (TPSA) is 57.8 Å². The van der Waals surface area contributed by atoms with Gasteiger partial charge in [0.25, 0.3) is 5.56 Å². The summed E-state index contributed by atoms with van der Waals surface area (Å²) in [6.45, 7) is 0.476. The molecule has 2 rings (SSSR count). The van der Waals surface area contributed by atoms with Crippen LogP contribution in [0.15, 0.2) is 29.2 Å². The van der Waals surface area contributed by atoms with Gasteiger partial charge in [-0.1, -0.05) is 23.2 Å². The molecule has 94 valence electrons. The van der Waals surface area contributed by atoms with E-state index in [1.54, 1.807) is 31.4 Å². The van der Waals surface area contributed by atoms with Gasteiger partial charge in [0, 0.05) is 23.9 Å². The van der Waals surface area contributed by atoms with E-state index in [9.17, 15) is 4.79 Å². The molecule has 0 aliphatic heterocycles. The van der Waals surface area contributed by atoms with E-state index in [0.717, 1.165) is 5.56 Å². The number of halogens is 2. The first-order valence-electron chi connectivity index (χ1n) is 5.30. The summed E-state index contributed by atoms with van der Waals surface area (Å²) in [4.78, 5) is 18.7. The van der Waals surface area contributed by atoms with E-state index in [1.165, 1.54) is 0 Å². The number of rotatable bonds is 3. The van der Waals surface area contributed by atoms with E-state index in [0.29, 0.717) is 28.0 Å². The molecular formula is C12H11Cl2N3O. The van der Waals surface area contributed by atoms with Crippen LogP contribution in [0, 0.1) is 0 Å². The summed E-state index contributed by atoms with van der Waals surface area (Å²) in [5, 5.41) is 3.80. The van der Waals surface area contributed by atoms with Gasteiger partial charge in [-0.05, 0) is 25.2 Å². The van der Waals surface area contributed by atoms with Crippen LogP contribution in [0.3, 0.4) is 0 Å². The maximum absolute atomic E-state index is 11.8. The van der Waals surface area contributed by atoms with E-state index in [-0.39, 0.29) is 5.56 Å². The van der Waals surface area contributed by atoms with Crippen molar-refractivity contribution in [2.24, 2.45) is 0 Å². The number of benzene rings is 1. The van der Waals surface area contributed by atoms with Crippen molar-refractivity contribution in [3.05, 3.63) is 50.4 Å². The van der Waals surface area contributed by atoms with Crippen LogP contribution < -0.4 is 10.9 Å². The SMILES string of the molecule is CNCc1cnc(-c2ccc(Cl)c(Cl)c2)[nH]c1=O. The number of aromatic amines is 1. The fourth-order valence-electron chi connectivity index (χ4n) is 1.53. The quantitative estimate of drug-likeness (QED) is 0.910. The lowest BCUT2D eigenvalue weighted by molar-refractivity contribution is 0.798. The zero-order valence-electron chi connectivity index (χ0n) is 9.63. The fraction of sp³-hybridized carbons (Fsp3) is 0.167. The number of hydrogen-bond acceptors (Lipinski definition) is 3. The summed E-state index contributed by atoms with van der Waals surface area (Å²) in [6, 6.07) is 5.09. The average Bonchev–Trinajstić information content (AvgIpc) is 2.35. The Morgan fingerprint density at radius 1 is 1.33 bits per heavy atom. The molecule has 1 heterocycles. The minimum atomic E-state index is -0.166. The summed E-state index contributed by atoms with van der Waals surface area (Å²) >= 11 is 11.8. The second kappa shape index (κ2) is 5.52. The van der Waals surface area contributed by atoms with Crippen LogP contribution in [-0.2, 0) is 6.54 Å². The lowest BCUT2D eigenvalue weighted by Gasteiger charge is -2.04. The highest BCUT2D eigenvalue weighted by Gasteiger charge is 2.06. The Labute approximate surface area is 114 Å². The average molecular weight is 284 g/mol. The molecule has 0 atom stereocenters. The van der Waals surface area contributed by atoms with Crippen LogP contribution in [0.1, 0.15) is 5.56 Å². The van der Waals surface area contributed by atoms with E-state index in [1.807, 2.05) is 0 Å². The first-order valence-corrected chi connectivity index (χ1v) is 6.05. The molecule has 4 nitrogen and oxygen atoms in total. The van der Waals surface area contributed by atoms with Crippen LogP contribution >= 0.6 is 23.2 Å². The normalized spacial score (nSPS) is 10.6. The lowest BCUT2D eigenvalue weighted by atomic mass is 10.2. The van der Waals surface area contributed by atoms with Crippen LogP contribution in [0.5, 0.6) is 0 Å². The van der Waals surface area contributed by atoms with Crippen molar-refractivity contribution in [2.75, 3.05) is 7.05 Å². The van der Waals surface area contributed by atoms with Gasteiger partial charge in [-0.25, -0.2) is 4.98 Å². The molecule has 0 saturated heterocycles. The molecule has 2 aromatic rings. The Kier molecular flexibility index (Phi) is 4.01. The third-order valence-corrected chi connectivity index (χ3v) is 3.17. The third-order valence-electron chi connectivity index (χ3n) is 2.43. The zero-order chi connectivity index (χ0) is 13.1. The van der Waals surface area contributed by atoms with E-state index >= 15 is 0 Å². The van der Waals surface area contributed by atoms with E-state index < -0.39 is 0 Å². The first-order chi connectivity index (χ1) is 8.61. The number of H-pyrrole nitrogens is 1. The van der Waals surface area contributed by atoms with Gasteiger partial charge in [0.1, 0.15) is 5.82 Å². The first kappa shape index (κ1) is 13.1. The molecule has 0 unspecified atom stereocenters. The molecule has 0 aliphatic carbocycles. The van der Waals surface area contributed by atoms with Crippen LogP contribution in [0.25, 0.3) is 11.4 Å². The predicted molar refractivity (Wildman–Crippen MR) is 73.1 cm³/mol. The molecule has 18 heavy (non-hydrogen) atoms. The van der Waals surface area contributed by atoms with Crippen molar-refractivity contribution in [3.63, 3.8) is 0 Å². The van der Waals surface area contributed by atoms with Gasteiger partial charge in [-0.2, -0.15) is 0 Å². The molecular weight excluding hydrogens is 273 g/mol. The molecule has 2 N–H and O–H groups in total. The van der Waals surface area contributed by atoms with Gasteiger partial charge in [0.2, 0.25) is 0 Å². The van der Waals surface area contributed by atoms with Gasteiger partial charge < -0.3 is 10.3 Å². The number of hydrogen-bond donors (Lipinski definition) is 2. The van der Waals surface area contributed by atoms with Gasteiger partial charge >= 0.3 is 0 Å². The summed E-state index contributed by atoms with van der Waals surface area (Å²) in [5.74, 6) is 0.471. The molecule has 1 aromatic heterocycles. The molecule has 0 aliphatic rings. The standard InChI is InChI=1S/C12H11Cl2N3O/c1-15-5-8-6-16-11(17-12(8)18)7-2-3-9(13)10(14)4-7/h2-4,6,15H,5H2,1H3,(H,16,17,18). The highest BCUT2D eigenvalue weighted by atomic mass is 35.5. The fourth-order valence-corrected chi connectivity index (χ4v) is 1.83. The number of aromatic nitrogens is 2. The predicted octanol–water partition coefficient (Wildman–Crippen LogP) is 2.46. The van der Waals surface area contributed by atoms with Crippen molar-refractivity contribution in [1.82, 2.24) is 15.3 Å². The Hall–Kier alpha value is -1.36. The molecule has 0 saturated carbocycles. The molecule has 1 aromatic carbocycles. The van der Waals surface area contributed by atoms with Crippen LogP contribution in [0.4, 0.5) is 0 Å². The van der Waals surface area contributed by atoms with Gasteiger partial charge in [0.05, 0.1) is 10.0 Å². The highest BCUT2D eigenvalue weighted by molar-refractivity contribution is 6.42. The van der Waals surface area contributed by atoms with Gasteiger partial charge in [-0.3, -0.25) is 4.79 Å². The summed E-state index contributed by atoms with van der Waals surface area (Å²) in [6.07, 6.45) is 1.55. The van der Waals surface area contributed by atoms with Gasteiger partial charge in [0.15, 0.2) is 0 Å². The number of nitrogens with zero attached hydrogens (tertiary/aromatic N) is 1. The Morgan fingerprint density at radius 2 is 2.11 bits per heavy atom. The van der Waals surface area contributed by atoms with Crippen molar-refractivity contribution in [1.29, 1.82) is 0 Å². The highest BCUT2D eigenvalue weighted by Crippen LogP contribution is 2.26. The maximum Gasteiger partial charge on any atom is 0.255 e. The second-order valence-electron chi connectivity index (χ2n) is 3.75. The smallest absolute Gasteiger partial charge is 0.255 e. The molecule has 0 amide bonds. The monoisotopic (exact) mass is 283 g/mol. The Bertz CT molecular complexity index is 625. The molecule has 0 radical (unpaired) electrons. The zero-order valence-corrected chi connectivity index (χ0v) is 11.1. The third kappa shape index (κ3) is 2.72. The summed E-state index contributed by atoms with van der Waals surface area (Å²) in [5.41, 5.74) is 1.14. The molecule has 6 heteroatoms. The van der Waals surface area contributed by atoms with Crippen molar-refractivity contribution in [3.8, 4) is 11.4 Å². The van der Waals surface area contributed by atoms with E-state index in [2.05, 4.69) is 15.3 Å². The molecule has 0 spiro atoms. The lowest BCUT2D eigenvalue weighted by Crippen LogP contribution is -2.19. The van der Waals surface area contributed by atoms with Crippen LogP contribution in [-0.4, -0.2) is 17.0 Å². The number of nitrogens with one attached hydrogen (secondary N) is 2. The molecule has 0 fully saturated rings. The Morgan fingerprint density at radius 3 is 2.72 bits per heavy atom. The largest absolute Gasteiger partial charge is 0.315 e. The van der Waals surface area contributed by atoms with Crippen molar-refractivity contribution < 1.29 is 0 Å². The van der Waals surface area contributed by atoms with E-state index in [4.69, 9.17) is 23.2 Å². The molecule has 0 bridgehead atoms. The minimum absolute atomic E-state index is 0.166.